The highest BCUT2D eigenvalue weighted by Gasteiger charge is 2.21. The van der Waals surface area contributed by atoms with E-state index in [1.54, 1.807) is 13.8 Å². The Morgan fingerprint density at radius 1 is 1.07 bits per heavy atom. The molecule has 0 saturated heterocycles. The zero-order valence-corrected chi connectivity index (χ0v) is 9.00. The lowest BCUT2D eigenvalue weighted by Gasteiger charge is -2.26. The minimum absolute atomic E-state index is 0.0370. The van der Waals surface area contributed by atoms with Crippen molar-refractivity contribution in [3.63, 3.8) is 0 Å². The Balaban J connectivity index is 4.71. The molecular weight excluding hydrogens is 204 g/mol. The molecule has 0 aromatic carbocycles. The highest BCUT2D eigenvalue weighted by molar-refractivity contribution is 7.80. The van der Waals surface area contributed by atoms with Crippen LogP contribution in [0, 0.1) is 0 Å². The predicted molar refractivity (Wildman–Crippen MR) is 56.5 cm³/mol. The number of hydrogen-bond acceptors (Lipinski definition) is 3. The lowest BCUT2D eigenvalue weighted by Crippen LogP contribution is -2.51. The van der Waals surface area contributed by atoms with Crippen LogP contribution in [0.2, 0.25) is 0 Å². The summed E-state index contributed by atoms with van der Waals surface area (Å²) in [4.78, 5) is 24.0. The molecule has 0 atom stereocenters. The molecule has 0 bridgehead atoms. The van der Waals surface area contributed by atoms with Crippen LogP contribution in [0.5, 0.6) is 0 Å². The van der Waals surface area contributed by atoms with Gasteiger partial charge in [0.05, 0.1) is 0 Å². The summed E-state index contributed by atoms with van der Waals surface area (Å²) in [5.74, 6) is 0. The van der Waals surface area contributed by atoms with Gasteiger partial charge in [0.1, 0.15) is 0 Å². The standard InChI is InChI=1S/C7H14N4O2S/c1-3-10(5(8)12)7(14)11(4-2)6(9)13/h3-4H2,1-2H3,(H2,8,12)(H2,9,13). The summed E-state index contributed by atoms with van der Waals surface area (Å²) in [6, 6.07) is -1.39. The Hall–Kier alpha value is -1.37. The topological polar surface area (TPSA) is 92.7 Å². The number of amides is 4. The second-order valence-corrected chi connectivity index (χ2v) is 2.81. The molecule has 0 aromatic rings. The van der Waals surface area contributed by atoms with Crippen molar-refractivity contribution < 1.29 is 9.59 Å². The summed E-state index contributed by atoms with van der Waals surface area (Å²) < 4.78 is 0. The third kappa shape index (κ3) is 2.84. The van der Waals surface area contributed by atoms with Gasteiger partial charge in [0, 0.05) is 13.1 Å². The Labute approximate surface area is 87.8 Å². The first-order valence-electron chi connectivity index (χ1n) is 4.13. The van der Waals surface area contributed by atoms with E-state index in [1.165, 1.54) is 0 Å². The molecule has 4 amide bonds. The third-order valence-electron chi connectivity index (χ3n) is 1.63. The first kappa shape index (κ1) is 12.6. The van der Waals surface area contributed by atoms with Gasteiger partial charge in [-0.1, -0.05) is 0 Å². The van der Waals surface area contributed by atoms with Crippen LogP contribution in [0.3, 0.4) is 0 Å². The SMILES string of the molecule is CCN(C(N)=O)C(=S)N(CC)C(N)=O. The molecule has 0 fully saturated rings. The van der Waals surface area contributed by atoms with Crippen molar-refractivity contribution >= 4 is 29.4 Å². The van der Waals surface area contributed by atoms with Crippen molar-refractivity contribution in [2.45, 2.75) is 13.8 Å². The number of urea groups is 2. The maximum Gasteiger partial charge on any atom is 0.321 e. The van der Waals surface area contributed by atoms with Crippen LogP contribution in [-0.4, -0.2) is 40.1 Å². The first-order valence-corrected chi connectivity index (χ1v) is 4.54. The number of nitrogens with two attached hydrogens (primary N) is 2. The average molecular weight is 218 g/mol. The van der Waals surface area contributed by atoms with Gasteiger partial charge in [0.2, 0.25) is 0 Å². The van der Waals surface area contributed by atoms with Crippen LogP contribution in [-0.2, 0) is 0 Å². The summed E-state index contributed by atoms with van der Waals surface area (Å²) in [6.07, 6.45) is 0. The van der Waals surface area contributed by atoms with E-state index in [2.05, 4.69) is 0 Å². The fraction of sp³-hybridized carbons (Fsp3) is 0.571. The van der Waals surface area contributed by atoms with Crippen molar-refractivity contribution in [2.75, 3.05) is 13.1 Å². The van der Waals surface area contributed by atoms with Crippen LogP contribution in [0.15, 0.2) is 0 Å². The normalized spacial score (nSPS) is 9.29. The number of nitrogens with zero attached hydrogens (tertiary/aromatic N) is 2. The number of thiocarbonyl (C=S) groups is 1. The van der Waals surface area contributed by atoms with E-state index in [9.17, 15) is 9.59 Å². The fourth-order valence-electron chi connectivity index (χ4n) is 0.916. The van der Waals surface area contributed by atoms with E-state index in [0.717, 1.165) is 9.80 Å². The lowest BCUT2D eigenvalue weighted by molar-refractivity contribution is 0.219. The summed E-state index contributed by atoms with van der Waals surface area (Å²) in [6.45, 7) is 4.01. The molecule has 6 nitrogen and oxygen atoms in total. The monoisotopic (exact) mass is 218 g/mol. The van der Waals surface area contributed by atoms with E-state index >= 15 is 0 Å². The summed E-state index contributed by atoms with van der Waals surface area (Å²) >= 11 is 4.90. The fourth-order valence-corrected chi connectivity index (χ4v) is 1.35. The molecule has 0 unspecified atom stereocenters. The zero-order valence-electron chi connectivity index (χ0n) is 8.19. The third-order valence-corrected chi connectivity index (χ3v) is 2.07. The Morgan fingerprint density at radius 2 is 1.36 bits per heavy atom. The molecule has 0 aromatic heterocycles. The van der Waals surface area contributed by atoms with Crippen LogP contribution < -0.4 is 11.5 Å². The van der Waals surface area contributed by atoms with Gasteiger partial charge in [-0.2, -0.15) is 0 Å². The average Bonchev–Trinajstić information content (AvgIpc) is 2.04. The van der Waals surface area contributed by atoms with E-state index in [-0.39, 0.29) is 5.11 Å². The number of primary amides is 2. The van der Waals surface area contributed by atoms with Gasteiger partial charge in [0.25, 0.3) is 0 Å². The van der Waals surface area contributed by atoms with Crippen LogP contribution in [0.25, 0.3) is 0 Å². The molecule has 0 aliphatic rings. The van der Waals surface area contributed by atoms with Crippen molar-refractivity contribution in [1.29, 1.82) is 0 Å². The molecule has 0 heterocycles. The zero-order chi connectivity index (χ0) is 11.3. The van der Waals surface area contributed by atoms with Crippen molar-refractivity contribution in [3.8, 4) is 0 Å². The number of hydrogen-bond donors (Lipinski definition) is 2. The van der Waals surface area contributed by atoms with E-state index < -0.39 is 12.1 Å². The smallest absolute Gasteiger partial charge is 0.321 e. The van der Waals surface area contributed by atoms with Crippen LogP contribution in [0.4, 0.5) is 9.59 Å². The maximum atomic E-state index is 10.9. The minimum atomic E-state index is -0.697. The van der Waals surface area contributed by atoms with Gasteiger partial charge in [-0.05, 0) is 26.1 Å². The molecule has 0 aliphatic heterocycles. The van der Waals surface area contributed by atoms with Crippen LogP contribution in [0.1, 0.15) is 13.8 Å². The van der Waals surface area contributed by atoms with Gasteiger partial charge in [-0.25, -0.2) is 9.59 Å². The number of carbonyl (C=O) groups excluding carboxylic acids is 2. The highest BCUT2D eigenvalue weighted by atomic mass is 32.1. The van der Waals surface area contributed by atoms with E-state index in [0.29, 0.717) is 13.1 Å². The molecule has 0 rings (SSSR count). The van der Waals surface area contributed by atoms with Gasteiger partial charge in [0.15, 0.2) is 5.11 Å². The van der Waals surface area contributed by atoms with E-state index in [4.69, 9.17) is 23.7 Å². The molecular formula is C7H14N4O2S. The number of rotatable bonds is 2. The maximum absolute atomic E-state index is 10.9. The summed E-state index contributed by atoms with van der Waals surface area (Å²) in [5.41, 5.74) is 10.1. The number of carbonyl (C=O) groups is 2. The molecule has 0 radical (unpaired) electrons. The molecule has 7 heteroatoms. The molecule has 0 saturated carbocycles. The summed E-state index contributed by atoms with van der Waals surface area (Å²) in [7, 11) is 0. The lowest BCUT2D eigenvalue weighted by atomic mass is 10.5. The Kier molecular flexibility index (Phi) is 4.85. The Bertz CT molecular complexity index is 232. The second kappa shape index (κ2) is 5.38. The largest absolute Gasteiger partial charge is 0.351 e. The highest BCUT2D eigenvalue weighted by Crippen LogP contribution is 1.99. The molecule has 0 aliphatic carbocycles. The molecule has 0 spiro atoms. The first-order chi connectivity index (χ1) is 6.45. The molecule has 4 N–H and O–H groups in total. The van der Waals surface area contributed by atoms with Gasteiger partial charge in [-0.15, -0.1) is 0 Å². The second-order valence-electron chi connectivity index (χ2n) is 2.45. The molecule has 80 valence electrons. The predicted octanol–water partition coefficient (Wildman–Crippen LogP) is 0.0725. The minimum Gasteiger partial charge on any atom is -0.351 e. The quantitative estimate of drug-likeness (QED) is 0.642. The van der Waals surface area contributed by atoms with E-state index in [1.807, 2.05) is 0 Å². The van der Waals surface area contributed by atoms with Crippen molar-refractivity contribution in [2.24, 2.45) is 11.5 Å². The van der Waals surface area contributed by atoms with Gasteiger partial charge in [-0.3, -0.25) is 9.80 Å². The van der Waals surface area contributed by atoms with Gasteiger partial charge >= 0.3 is 12.1 Å². The Morgan fingerprint density at radius 3 is 1.50 bits per heavy atom. The van der Waals surface area contributed by atoms with Crippen molar-refractivity contribution in [3.05, 3.63) is 0 Å². The van der Waals surface area contributed by atoms with Crippen LogP contribution >= 0.6 is 12.2 Å². The van der Waals surface area contributed by atoms with Crippen molar-refractivity contribution in [1.82, 2.24) is 9.80 Å². The molecule has 14 heavy (non-hydrogen) atoms. The van der Waals surface area contributed by atoms with Gasteiger partial charge < -0.3 is 11.5 Å². The summed E-state index contributed by atoms with van der Waals surface area (Å²) in [5, 5.41) is 0.0370.